The van der Waals surface area contributed by atoms with Crippen LogP contribution < -0.4 is 9.64 Å². The third-order valence-corrected chi connectivity index (χ3v) is 5.34. The van der Waals surface area contributed by atoms with Crippen LogP contribution in [0, 0.1) is 16.7 Å². The zero-order valence-electron chi connectivity index (χ0n) is 10.5. The van der Waals surface area contributed by atoms with Crippen LogP contribution in [0.2, 0.25) is 0 Å². The summed E-state index contributed by atoms with van der Waals surface area (Å²) < 4.78 is 10.8. The average molecular weight is 276 g/mol. The maximum Gasteiger partial charge on any atom is 0.418 e. The normalized spacial score (nSPS) is 31.1. The molecule has 2 aliphatic rings. The number of fused-ring (bicyclic) bond motifs is 1. The molecule has 2 atom stereocenters. The molecule has 1 aromatic carbocycles. The number of methoxy groups -OCH3 is 1. The Morgan fingerprint density at radius 2 is 2.32 bits per heavy atom. The van der Waals surface area contributed by atoms with E-state index in [1.165, 1.54) is 23.8 Å². The third-order valence-electron chi connectivity index (χ3n) is 3.51. The number of hydrogen-bond acceptors (Lipinski definition) is 5. The van der Waals surface area contributed by atoms with Gasteiger partial charge in [-0.15, -0.1) is 0 Å². The minimum Gasteiger partial charge on any atom is -0.454 e. The number of nitrogens with zero attached hydrogens (tertiary/aromatic N) is 2. The van der Waals surface area contributed by atoms with Gasteiger partial charge in [0.1, 0.15) is 11.2 Å². The lowest BCUT2D eigenvalue weighted by molar-refractivity contribution is 0.0691. The van der Waals surface area contributed by atoms with Gasteiger partial charge in [0, 0.05) is 5.75 Å². The van der Waals surface area contributed by atoms with Crippen LogP contribution in [0.5, 0.6) is 5.75 Å². The van der Waals surface area contributed by atoms with Crippen molar-refractivity contribution < 1.29 is 14.3 Å². The number of carbonyl (C=O) groups excluding carboxylic acids is 1. The van der Waals surface area contributed by atoms with Crippen LogP contribution in [-0.2, 0) is 4.74 Å². The fourth-order valence-corrected chi connectivity index (χ4v) is 3.74. The SMILES string of the molecule is COC(=O)N1c2ccccc2OC12SCC2(C)C#N. The highest BCUT2D eigenvalue weighted by Crippen LogP contribution is 2.63. The Bertz CT molecular complexity index is 600. The predicted molar refractivity (Wildman–Crippen MR) is 70.9 cm³/mol. The summed E-state index contributed by atoms with van der Waals surface area (Å²) in [6.07, 6.45) is -0.515. The summed E-state index contributed by atoms with van der Waals surface area (Å²) in [5, 5.41) is 8.38. The van der Waals surface area contributed by atoms with Gasteiger partial charge in [0.15, 0.2) is 0 Å². The molecule has 1 saturated heterocycles. The third kappa shape index (κ3) is 1.33. The number of amides is 1. The molecule has 2 aliphatic heterocycles. The minimum absolute atomic E-state index is 0.515. The highest BCUT2D eigenvalue weighted by molar-refractivity contribution is 8.02. The summed E-state index contributed by atoms with van der Waals surface area (Å²) in [4.78, 5) is 13.5. The molecule has 0 aliphatic carbocycles. The van der Waals surface area contributed by atoms with Crippen molar-refractivity contribution in [2.45, 2.75) is 12.0 Å². The van der Waals surface area contributed by atoms with Crippen molar-refractivity contribution in [2.75, 3.05) is 17.8 Å². The van der Waals surface area contributed by atoms with Crippen LogP contribution in [0.15, 0.2) is 24.3 Å². The van der Waals surface area contributed by atoms with Gasteiger partial charge in [0.2, 0.25) is 0 Å². The van der Waals surface area contributed by atoms with E-state index in [4.69, 9.17) is 9.47 Å². The topological polar surface area (TPSA) is 62.6 Å². The Hall–Kier alpha value is -1.87. The fraction of sp³-hybridized carbons (Fsp3) is 0.385. The second kappa shape index (κ2) is 3.81. The number of benzene rings is 1. The lowest BCUT2D eigenvalue weighted by Crippen LogP contribution is -2.67. The Balaban J connectivity index is 2.14. The first kappa shape index (κ1) is 12.2. The first-order chi connectivity index (χ1) is 9.08. The number of carbonyl (C=O) groups is 1. The molecule has 2 unspecified atom stereocenters. The van der Waals surface area contributed by atoms with Crippen molar-refractivity contribution in [1.29, 1.82) is 5.26 Å². The minimum atomic E-state index is -1.02. The predicted octanol–water partition coefficient (Wildman–Crippen LogP) is 2.58. The molecular weight excluding hydrogens is 264 g/mol. The number of nitriles is 1. The molecule has 0 radical (unpaired) electrons. The maximum atomic E-state index is 12.1. The Labute approximate surface area is 115 Å². The van der Waals surface area contributed by atoms with Gasteiger partial charge in [-0.3, -0.25) is 0 Å². The lowest BCUT2D eigenvalue weighted by atomic mass is 9.90. The lowest BCUT2D eigenvalue weighted by Gasteiger charge is -2.51. The van der Waals surface area contributed by atoms with Gasteiger partial charge in [0.25, 0.3) is 5.06 Å². The van der Waals surface area contributed by atoms with Crippen LogP contribution in [0.4, 0.5) is 10.5 Å². The zero-order chi connectivity index (χ0) is 13.7. The van der Waals surface area contributed by atoms with E-state index >= 15 is 0 Å². The molecule has 1 spiro atoms. The first-order valence-corrected chi connectivity index (χ1v) is 6.78. The monoisotopic (exact) mass is 276 g/mol. The van der Waals surface area contributed by atoms with E-state index in [0.29, 0.717) is 17.2 Å². The molecule has 1 aromatic rings. The van der Waals surface area contributed by atoms with E-state index in [-0.39, 0.29) is 0 Å². The van der Waals surface area contributed by atoms with Gasteiger partial charge in [-0.25, -0.2) is 9.69 Å². The molecule has 1 fully saturated rings. The maximum absolute atomic E-state index is 12.1. The van der Waals surface area contributed by atoms with E-state index in [1.54, 1.807) is 19.1 Å². The van der Waals surface area contributed by atoms with Gasteiger partial charge >= 0.3 is 6.09 Å². The van der Waals surface area contributed by atoms with Crippen LogP contribution >= 0.6 is 11.8 Å². The van der Waals surface area contributed by atoms with Crippen LogP contribution in [0.1, 0.15) is 6.92 Å². The van der Waals surface area contributed by atoms with E-state index in [0.717, 1.165) is 0 Å². The molecule has 0 saturated carbocycles. The Morgan fingerprint density at radius 3 is 2.89 bits per heavy atom. The zero-order valence-corrected chi connectivity index (χ0v) is 11.4. The summed E-state index contributed by atoms with van der Waals surface area (Å²) in [5.74, 6) is 1.21. The molecule has 0 N–H and O–H groups in total. The smallest absolute Gasteiger partial charge is 0.418 e. The summed E-state index contributed by atoms with van der Waals surface area (Å²) in [5.41, 5.74) is -0.117. The summed E-state index contributed by atoms with van der Waals surface area (Å²) in [6, 6.07) is 9.49. The molecule has 0 aromatic heterocycles. The summed E-state index contributed by atoms with van der Waals surface area (Å²) >= 11 is 1.44. The fourth-order valence-electron chi connectivity index (χ4n) is 2.36. The highest BCUT2D eigenvalue weighted by atomic mass is 32.2. The standard InChI is InChI=1S/C13H12N2O3S/c1-12(7-14)8-19-13(12)15(11(16)17-2)9-5-3-4-6-10(9)18-13/h3-6H,8H2,1-2H3. The molecule has 3 rings (SSSR count). The molecule has 5 nitrogen and oxygen atoms in total. The molecule has 6 heteroatoms. The number of para-hydroxylation sites is 2. The van der Waals surface area contributed by atoms with Crippen molar-refractivity contribution in [3.63, 3.8) is 0 Å². The molecule has 1 amide bonds. The van der Waals surface area contributed by atoms with E-state index in [1.807, 2.05) is 12.1 Å². The molecule has 0 bridgehead atoms. The number of thioether (sulfide) groups is 1. The van der Waals surface area contributed by atoms with Crippen LogP contribution in [-0.4, -0.2) is 24.0 Å². The van der Waals surface area contributed by atoms with Gasteiger partial charge in [-0.2, -0.15) is 5.26 Å². The van der Waals surface area contributed by atoms with Crippen molar-refractivity contribution in [3.05, 3.63) is 24.3 Å². The van der Waals surface area contributed by atoms with E-state index in [2.05, 4.69) is 6.07 Å². The highest BCUT2D eigenvalue weighted by Gasteiger charge is 2.69. The number of anilines is 1. The molecule has 2 heterocycles. The van der Waals surface area contributed by atoms with Gasteiger partial charge in [-0.1, -0.05) is 23.9 Å². The molecule has 98 valence electrons. The van der Waals surface area contributed by atoms with Crippen molar-refractivity contribution in [3.8, 4) is 11.8 Å². The van der Waals surface area contributed by atoms with E-state index in [9.17, 15) is 10.1 Å². The number of rotatable bonds is 0. The second-order valence-electron chi connectivity index (χ2n) is 4.69. The van der Waals surface area contributed by atoms with Crippen molar-refractivity contribution >= 4 is 23.5 Å². The average Bonchev–Trinajstić information content (AvgIpc) is 2.82. The quantitative estimate of drug-likeness (QED) is 0.728. The van der Waals surface area contributed by atoms with Crippen LogP contribution in [0.25, 0.3) is 0 Å². The molecule has 19 heavy (non-hydrogen) atoms. The largest absolute Gasteiger partial charge is 0.454 e. The first-order valence-electron chi connectivity index (χ1n) is 5.79. The van der Waals surface area contributed by atoms with Crippen molar-refractivity contribution in [2.24, 2.45) is 5.41 Å². The molecular formula is C13H12N2O3S. The van der Waals surface area contributed by atoms with Crippen LogP contribution in [0.3, 0.4) is 0 Å². The summed E-state index contributed by atoms with van der Waals surface area (Å²) in [6.45, 7) is 1.80. The van der Waals surface area contributed by atoms with E-state index < -0.39 is 16.6 Å². The Morgan fingerprint density at radius 1 is 1.58 bits per heavy atom. The Kier molecular flexibility index (Phi) is 2.44. The number of hydrogen-bond donors (Lipinski definition) is 0. The second-order valence-corrected chi connectivity index (χ2v) is 5.82. The number of ether oxygens (including phenoxy) is 2. The summed E-state index contributed by atoms with van der Waals surface area (Å²) in [7, 11) is 1.32. The van der Waals surface area contributed by atoms with Gasteiger partial charge in [0.05, 0.1) is 18.9 Å². The van der Waals surface area contributed by atoms with Crippen molar-refractivity contribution in [1.82, 2.24) is 0 Å². The van der Waals surface area contributed by atoms with Gasteiger partial charge in [-0.05, 0) is 19.1 Å². The van der Waals surface area contributed by atoms with Gasteiger partial charge < -0.3 is 9.47 Å².